The molecule has 0 aromatic heterocycles. The minimum absolute atomic E-state index is 0.660. The van der Waals surface area contributed by atoms with Crippen LogP contribution in [0.25, 0.3) is 0 Å². The van der Waals surface area contributed by atoms with Gasteiger partial charge in [-0.25, -0.2) is 4.79 Å². The lowest BCUT2D eigenvalue weighted by molar-refractivity contribution is 0.0722. The SMILES string of the molecule is C#CC(OC(=O)O)c1ccccc1. The number of carboxylic acid groups (broad SMARTS) is 1. The second-order valence-corrected chi connectivity index (χ2v) is 2.34. The van der Waals surface area contributed by atoms with E-state index in [9.17, 15) is 4.79 Å². The van der Waals surface area contributed by atoms with Crippen LogP contribution in [0.4, 0.5) is 4.79 Å². The molecule has 1 N–H and O–H groups in total. The van der Waals surface area contributed by atoms with Gasteiger partial charge in [-0.3, -0.25) is 0 Å². The van der Waals surface area contributed by atoms with Crippen LogP contribution in [-0.4, -0.2) is 11.3 Å². The molecule has 3 nitrogen and oxygen atoms in total. The number of carbonyl (C=O) groups is 1. The van der Waals surface area contributed by atoms with Crippen LogP contribution in [0.15, 0.2) is 30.3 Å². The van der Waals surface area contributed by atoms with E-state index in [1.54, 1.807) is 24.3 Å². The molecule has 0 amide bonds. The fourth-order valence-corrected chi connectivity index (χ4v) is 0.927. The van der Waals surface area contributed by atoms with E-state index in [0.717, 1.165) is 0 Å². The summed E-state index contributed by atoms with van der Waals surface area (Å²) in [6, 6.07) is 8.79. The fourth-order valence-electron chi connectivity index (χ4n) is 0.927. The molecule has 0 saturated carbocycles. The van der Waals surface area contributed by atoms with Crippen LogP contribution in [0, 0.1) is 12.3 Å². The van der Waals surface area contributed by atoms with Gasteiger partial charge < -0.3 is 9.84 Å². The summed E-state index contributed by atoms with van der Waals surface area (Å²) in [4.78, 5) is 10.2. The van der Waals surface area contributed by atoms with Gasteiger partial charge in [0.15, 0.2) is 6.10 Å². The van der Waals surface area contributed by atoms with Gasteiger partial charge in [-0.05, 0) is 0 Å². The molecule has 0 spiro atoms. The molecule has 1 aromatic carbocycles. The molecule has 0 fully saturated rings. The van der Waals surface area contributed by atoms with E-state index in [1.807, 2.05) is 6.07 Å². The Labute approximate surface area is 76.0 Å². The second kappa shape index (κ2) is 4.17. The summed E-state index contributed by atoms with van der Waals surface area (Å²) in [7, 11) is 0. The number of benzene rings is 1. The van der Waals surface area contributed by atoms with E-state index in [4.69, 9.17) is 11.5 Å². The third kappa shape index (κ3) is 2.53. The Hall–Kier alpha value is -1.95. The van der Waals surface area contributed by atoms with E-state index < -0.39 is 12.3 Å². The van der Waals surface area contributed by atoms with Gasteiger partial charge in [0.2, 0.25) is 0 Å². The Bertz CT molecular complexity index is 324. The molecule has 0 aliphatic heterocycles. The van der Waals surface area contributed by atoms with Crippen molar-refractivity contribution in [2.45, 2.75) is 6.10 Å². The summed E-state index contributed by atoms with van der Waals surface area (Å²) in [5.41, 5.74) is 0.660. The largest absolute Gasteiger partial charge is 0.507 e. The number of hydrogen-bond donors (Lipinski definition) is 1. The van der Waals surface area contributed by atoms with Crippen molar-refractivity contribution in [3.05, 3.63) is 35.9 Å². The van der Waals surface area contributed by atoms with Crippen molar-refractivity contribution in [1.29, 1.82) is 0 Å². The summed E-state index contributed by atoms with van der Waals surface area (Å²) in [5.74, 6) is 2.25. The van der Waals surface area contributed by atoms with Gasteiger partial charge in [-0.1, -0.05) is 36.3 Å². The highest BCUT2D eigenvalue weighted by Gasteiger charge is 2.11. The summed E-state index contributed by atoms with van der Waals surface area (Å²) in [6.07, 6.45) is 2.93. The highest BCUT2D eigenvalue weighted by molar-refractivity contribution is 5.58. The zero-order valence-electron chi connectivity index (χ0n) is 6.81. The van der Waals surface area contributed by atoms with E-state index in [1.165, 1.54) is 0 Å². The molecule has 66 valence electrons. The molecule has 0 bridgehead atoms. The third-order valence-electron chi connectivity index (χ3n) is 1.47. The normalized spacial score (nSPS) is 11.3. The molecule has 13 heavy (non-hydrogen) atoms. The average molecular weight is 176 g/mol. The van der Waals surface area contributed by atoms with E-state index in [2.05, 4.69) is 10.7 Å². The molecule has 3 heteroatoms. The quantitative estimate of drug-likeness (QED) is 0.554. The lowest BCUT2D eigenvalue weighted by Crippen LogP contribution is -2.06. The summed E-state index contributed by atoms with van der Waals surface area (Å²) in [5, 5.41) is 8.36. The van der Waals surface area contributed by atoms with Gasteiger partial charge >= 0.3 is 6.16 Å². The molecule has 0 radical (unpaired) electrons. The number of ether oxygens (including phenoxy) is 1. The lowest BCUT2D eigenvalue weighted by Gasteiger charge is -2.08. The monoisotopic (exact) mass is 176 g/mol. The first-order chi connectivity index (χ1) is 6.24. The molecular weight excluding hydrogens is 168 g/mol. The first-order valence-electron chi connectivity index (χ1n) is 3.64. The smallest absolute Gasteiger partial charge is 0.450 e. The Balaban J connectivity index is 2.80. The van der Waals surface area contributed by atoms with Crippen molar-refractivity contribution in [3.8, 4) is 12.3 Å². The molecule has 1 unspecified atom stereocenters. The van der Waals surface area contributed by atoms with Crippen molar-refractivity contribution in [2.75, 3.05) is 0 Å². The van der Waals surface area contributed by atoms with Crippen LogP contribution in [0.3, 0.4) is 0 Å². The first-order valence-corrected chi connectivity index (χ1v) is 3.64. The number of hydrogen-bond acceptors (Lipinski definition) is 2. The van der Waals surface area contributed by atoms with Crippen LogP contribution >= 0.6 is 0 Å². The zero-order chi connectivity index (χ0) is 9.68. The Morgan fingerprint density at radius 2 is 2.08 bits per heavy atom. The van der Waals surface area contributed by atoms with Crippen molar-refractivity contribution in [3.63, 3.8) is 0 Å². The molecule has 0 saturated heterocycles. The van der Waals surface area contributed by atoms with Crippen LogP contribution in [0.2, 0.25) is 0 Å². The van der Waals surface area contributed by atoms with E-state index in [-0.39, 0.29) is 0 Å². The Morgan fingerprint density at radius 3 is 2.54 bits per heavy atom. The van der Waals surface area contributed by atoms with E-state index >= 15 is 0 Å². The first kappa shape index (κ1) is 9.14. The maximum Gasteiger partial charge on any atom is 0.507 e. The van der Waals surface area contributed by atoms with Gasteiger partial charge in [-0.15, -0.1) is 6.42 Å². The van der Waals surface area contributed by atoms with Crippen LogP contribution < -0.4 is 0 Å². The minimum Gasteiger partial charge on any atom is -0.450 e. The second-order valence-electron chi connectivity index (χ2n) is 2.34. The van der Waals surface area contributed by atoms with Gasteiger partial charge in [0.25, 0.3) is 0 Å². The van der Waals surface area contributed by atoms with Crippen molar-refractivity contribution >= 4 is 6.16 Å². The van der Waals surface area contributed by atoms with Gasteiger partial charge in [-0.2, -0.15) is 0 Å². The molecule has 0 aliphatic rings. The summed E-state index contributed by atoms with van der Waals surface area (Å²) >= 11 is 0. The Morgan fingerprint density at radius 1 is 1.46 bits per heavy atom. The van der Waals surface area contributed by atoms with Gasteiger partial charge in [0.1, 0.15) is 0 Å². The highest BCUT2D eigenvalue weighted by atomic mass is 16.7. The molecular formula is C10H8O3. The minimum atomic E-state index is -1.37. The van der Waals surface area contributed by atoms with Crippen molar-refractivity contribution in [2.24, 2.45) is 0 Å². The maximum atomic E-state index is 10.2. The zero-order valence-corrected chi connectivity index (χ0v) is 6.81. The number of rotatable bonds is 2. The Kier molecular flexibility index (Phi) is 2.93. The summed E-state index contributed by atoms with van der Waals surface area (Å²) < 4.78 is 4.47. The molecule has 0 heterocycles. The third-order valence-corrected chi connectivity index (χ3v) is 1.47. The predicted molar refractivity (Wildman–Crippen MR) is 47.1 cm³/mol. The number of terminal acetylenes is 1. The van der Waals surface area contributed by atoms with Crippen LogP contribution in [0.5, 0.6) is 0 Å². The molecule has 1 atom stereocenters. The lowest BCUT2D eigenvalue weighted by atomic mass is 10.1. The van der Waals surface area contributed by atoms with Crippen LogP contribution in [-0.2, 0) is 4.74 Å². The topological polar surface area (TPSA) is 46.5 Å². The maximum absolute atomic E-state index is 10.2. The standard InChI is InChI=1S/C10H8O3/c1-2-9(13-10(11)12)8-6-4-3-5-7-8/h1,3-7,9H,(H,11,12). The predicted octanol–water partition coefficient (Wildman–Crippen LogP) is 2.06. The molecule has 1 rings (SSSR count). The van der Waals surface area contributed by atoms with E-state index in [0.29, 0.717) is 5.56 Å². The van der Waals surface area contributed by atoms with Gasteiger partial charge in [0, 0.05) is 5.56 Å². The van der Waals surface area contributed by atoms with Crippen molar-refractivity contribution < 1.29 is 14.6 Å². The highest BCUT2D eigenvalue weighted by Crippen LogP contribution is 2.15. The summed E-state index contributed by atoms with van der Waals surface area (Å²) in [6.45, 7) is 0. The fraction of sp³-hybridized carbons (Fsp3) is 0.100. The van der Waals surface area contributed by atoms with Gasteiger partial charge in [0.05, 0.1) is 0 Å². The molecule has 0 aliphatic carbocycles. The molecule has 1 aromatic rings. The van der Waals surface area contributed by atoms with Crippen LogP contribution in [0.1, 0.15) is 11.7 Å². The average Bonchev–Trinajstić information content (AvgIpc) is 2.15. The van der Waals surface area contributed by atoms with Crippen molar-refractivity contribution in [1.82, 2.24) is 0 Å².